The first-order chi connectivity index (χ1) is 17.3. The van der Waals surface area contributed by atoms with Gasteiger partial charge in [-0.3, -0.25) is 14.5 Å². The number of benzene rings is 1. The van der Waals surface area contributed by atoms with Crippen LogP contribution in [0.3, 0.4) is 0 Å². The molecule has 2 amide bonds. The van der Waals surface area contributed by atoms with Crippen molar-refractivity contribution in [3.05, 3.63) is 45.1 Å². The third-order valence-electron chi connectivity index (χ3n) is 6.32. The van der Waals surface area contributed by atoms with E-state index in [9.17, 15) is 14.4 Å². The highest BCUT2D eigenvalue weighted by Crippen LogP contribution is 2.36. The predicted octanol–water partition coefficient (Wildman–Crippen LogP) is 4.16. The Morgan fingerprint density at radius 2 is 1.83 bits per heavy atom. The first-order valence-electron chi connectivity index (χ1n) is 12.3. The van der Waals surface area contributed by atoms with Crippen LogP contribution in [0.15, 0.2) is 34.0 Å². The molecule has 0 saturated carbocycles. The van der Waals surface area contributed by atoms with Crippen LogP contribution in [0, 0.1) is 5.92 Å². The molecule has 2 aromatic rings. The van der Waals surface area contributed by atoms with Gasteiger partial charge in [0.1, 0.15) is 4.32 Å². The molecular formula is C26H32N4O4S2. The number of anilines is 1. The van der Waals surface area contributed by atoms with Gasteiger partial charge in [-0.25, -0.2) is 4.79 Å². The lowest BCUT2D eigenvalue weighted by Crippen LogP contribution is -2.49. The molecule has 0 spiro atoms. The molecule has 0 atom stereocenters. The molecular weight excluding hydrogens is 496 g/mol. The Morgan fingerprint density at radius 1 is 1.14 bits per heavy atom. The van der Waals surface area contributed by atoms with Gasteiger partial charge in [-0.2, -0.15) is 0 Å². The van der Waals surface area contributed by atoms with Crippen LogP contribution >= 0.6 is 24.0 Å². The number of hydrogen-bond acceptors (Lipinski definition) is 7. The standard InChI is InChI=1S/C26H32N4O4S2/c1-5-29-20-10-8-7-9-18(20)22(27-11-13-28(14-12-27)25(33)34-6-2)19(23(29)31)15-21-24(32)30(16-17(3)4)26(35)36-21/h7-10,15,17H,5-6,11-14,16H2,1-4H3. The highest BCUT2D eigenvalue weighted by atomic mass is 32.2. The van der Waals surface area contributed by atoms with E-state index in [-0.39, 0.29) is 23.5 Å². The summed E-state index contributed by atoms with van der Waals surface area (Å²) in [6.45, 7) is 11.3. The molecule has 0 aliphatic carbocycles. The summed E-state index contributed by atoms with van der Waals surface area (Å²) in [5.41, 5.74) is 1.97. The molecule has 36 heavy (non-hydrogen) atoms. The Bertz CT molecular complexity index is 1280. The minimum absolute atomic E-state index is 0.145. The number of thiocarbonyl (C=S) groups is 1. The van der Waals surface area contributed by atoms with Gasteiger partial charge in [-0.1, -0.05) is 56.0 Å². The van der Waals surface area contributed by atoms with Crippen LogP contribution in [0.2, 0.25) is 0 Å². The monoisotopic (exact) mass is 528 g/mol. The maximum Gasteiger partial charge on any atom is 0.409 e. The van der Waals surface area contributed by atoms with Crippen molar-refractivity contribution in [1.82, 2.24) is 14.4 Å². The number of pyridine rings is 1. The number of carbonyl (C=O) groups excluding carboxylic acids is 2. The second-order valence-corrected chi connectivity index (χ2v) is 10.9. The smallest absolute Gasteiger partial charge is 0.409 e. The van der Waals surface area contributed by atoms with Crippen molar-refractivity contribution in [3.8, 4) is 0 Å². The van der Waals surface area contributed by atoms with Gasteiger partial charge in [0.05, 0.1) is 28.3 Å². The normalized spacial score (nSPS) is 17.7. The fourth-order valence-electron chi connectivity index (χ4n) is 4.68. The average Bonchev–Trinajstić information content (AvgIpc) is 3.12. The first kappa shape index (κ1) is 26.2. The molecule has 1 aromatic carbocycles. The van der Waals surface area contributed by atoms with Crippen LogP contribution < -0.4 is 10.5 Å². The fraction of sp³-hybridized carbons (Fsp3) is 0.462. The minimum atomic E-state index is -0.322. The van der Waals surface area contributed by atoms with Gasteiger partial charge in [-0.15, -0.1) is 0 Å². The summed E-state index contributed by atoms with van der Waals surface area (Å²) in [5.74, 6) is 0.114. The topological polar surface area (TPSA) is 75.1 Å². The van der Waals surface area contributed by atoms with Crippen LogP contribution in [-0.2, 0) is 16.1 Å². The molecule has 8 nitrogen and oxygen atoms in total. The van der Waals surface area contributed by atoms with Crippen LogP contribution in [-0.4, -0.2) is 70.0 Å². The number of para-hydroxylation sites is 1. The fourth-order valence-corrected chi connectivity index (χ4v) is 5.93. The first-order valence-corrected chi connectivity index (χ1v) is 13.6. The largest absolute Gasteiger partial charge is 0.450 e. The average molecular weight is 529 g/mol. The Kier molecular flexibility index (Phi) is 8.04. The third kappa shape index (κ3) is 5.01. The summed E-state index contributed by atoms with van der Waals surface area (Å²) in [6, 6.07) is 7.84. The second kappa shape index (κ2) is 11.0. The molecule has 2 aliphatic rings. The summed E-state index contributed by atoms with van der Waals surface area (Å²) >= 11 is 6.73. The van der Waals surface area contributed by atoms with Crippen molar-refractivity contribution in [2.24, 2.45) is 5.92 Å². The van der Waals surface area contributed by atoms with Gasteiger partial charge in [-0.05, 0) is 31.9 Å². The molecule has 0 N–H and O–H groups in total. The molecule has 0 bridgehead atoms. The zero-order valence-electron chi connectivity index (χ0n) is 21.2. The number of thioether (sulfide) groups is 1. The number of hydrogen-bond donors (Lipinski definition) is 0. The lowest BCUT2D eigenvalue weighted by Gasteiger charge is -2.37. The predicted molar refractivity (Wildman–Crippen MR) is 149 cm³/mol. The van der Waals surface area contributed by atoms with Gasteiger partial charge in [0.2, 0.25) is 0 Å². The number of aromatic nitrogens is 1. The number of piperazine rings is 1. The molecule has 1 aromatic heterocycles. The second-order valence-electron chi connectivity index (χ2n) is 9.19. The molecule has 10 heteroatoms. The molecule has 3 heterocycles. The van der Waals surface area contributed by atoms with Crippen molar-refractivity contribution in [2.75, 3.05) is 44.2 Å². The Hall–Kier alpha value is -2.85. The molecule has 4 rings (SSSR count). The molecule has 0 radical (unpaired) electrons. The summed E-state index contributed by atoms with van der Waals surface area (Å²) in [6.07, 6.45) is 1.39. The van der Waals surface area contributed by atoms with Gasteiger partial charge >= 0.3 is 6.09 Å². The molecule has 2 aliphatic heterocycles. The van der Waals surface area contributed by atoms with Crippen molar-refractivity contribution in [1.29, 1.82) is 0 Å². The van der Waals surface area contributed by atoms with E-state index in [1.165, 1.54) is 11.8 Å². The van der Waals surface area contributed by atoms with Gasteiger partial charge < -0.3 is 19.1 Å². The number of ether oxygens (including phenoxy) is 1. The van der Waals surface area contributed by atoms with Gasteiger partial charge in [0.25, 0.3) is 11.5 Å². The summed E-state index contributed by atoms with van der Waals surface area (Å²) in [5, 5.41) is 0.937. The van der Waals surface area contributed by atoms with E-state index in [0.717, 1.165) is 16.6 Å². The molecule has 2 saturated heterocycles. The van der Waals surface area contributed by atoms with Crippen molar-refractivity contribution in [3.63, 3.8) is 0 Å². The Labute approximate surface area is 220 Å². The number of fused-ring (bicyclic) bond motifs is 1. The van der Waals surface area contributed by atoms with Gasteiger partial charge in [0.15, 0.2) is 0 Å². The van der Waals surface area contributed by atoms with Crippen LogP contribution in [0.4, 0.5) is 10.5 Å². The van der Waals surface area contributed by atoms with Crippen molar-refractivity contribution >= 4 is 63.0 Å². The number of carbonyl (C=O) groups is 2. The Morgan fingerprint density at radius 3 is 2.47 bits per heavy atom. The lowest BCUT2D eigenvalue weighted by molar-refractivity contribution is -0.122. The molecule has 0 unspecified atom stereocenters. The van der Waals surface area contributed by atoms with E-state index >= 15 is 0 Å². The SMILES string of the molecule is CCOC(=O)N1CCN(c2c(C=C3SC(=S)N(CC(C)C)C3=O)c(=O)n(CC)c3ccccc23)CC1. The molecule has 192 valence electrons. The Balaban J connectivity index is 1.81. The zero-order valence-corrected chi connectivity index (χ0v) is 22.8. The van der Waals surface area contributed by atoms with Crippen molar-refractivity contribution in [2.45, 2.75) is 34.2 Å². The van der Waals surface area contributed by atoms with E-state index in [0.29, 0.717) is 60.7 Å². The van der Waals surface area contributed by atoms with E-state index in [2.05, 4.69) is 4.90 Å². The minimum Gasteiger partial charge on any atom is -0.450 e. The van der Waals surface area contributed by atoms with Crippen molar-refractivity contribution < 1.29 is 14.3 Å². The number of aryl methyl sites for hydroxylation is 1. The summed E-state index contributed by atoms with van der Waals surface area (Å²) in [4.78, 5) is 45.2. The number of amides is 2. The number of nitrogens with zero attached hydrogens (tertiary/aromatic N) is 4. The zero-order chi connectivity index (χ0) is 26.0. The van der Waals surface area contributed by atoms with Crippen LogP contribution in [0.1, 0.15) is 33.3 Å². The van der Waals surface area contributed by atoms with Crippen LogP contribution in [0.5, 0.6) is 0 Å². The highest BCUT2D eigenvalue weighted by Gasteiger charge is 2.34. The maximum absolute atomic E-state index is 13.8. The van der Waals surface area contributed by atoms with E-state index < -0.39 is 0 Å². The summed E-state index contributed by atoms with van der Waals surface area (Å²) in [7, 11) is 0. The maximum atomic E-state index is 13.8. The highest BCUT2D eigenvalue weighted by molar-refractivity contribution is 8.26. The van der Waals surface area contributed by atoms with E-state index in [1.54, 1.807) is 27.4 Å². The van der Waals surface area contributed by atoms with Gasteiger partial charge in [0, 0.05) is 44.7 Å². The van der Waals surface area contributed by atoms with E-state index in [1.807, 2.05) is 45.0 Å². The number of rotatable bonds is 6. The quantitative estimate of drug-likeness (QED) is 0.412. The molecule has 2 fully saturated rings. The summed E-state index contributed by atoms with van der Waals surface area (Å²) < 4.78 is 7.42. The lowest BCUT2D eigenvalue weighted by atomic mass is 10.0. The van der Waals surface area contributed by atoms with Crippen LogP contribution in [0.25, 0.3) is 17.0 Å². The third-order valence-corrected chi connectivity index (χ3v) is 7.69. The van der Waals surface area contributed by atoms with E-state index in [4.69, 9.17) is 17.0 Å².